The third-order valence-corrected chi connectivity index (χ3v) is 3.03. The van der Waals surface area contributed by atoms with Gasteiger partial charge in [-0.1, -0.05) is 18.2 Å². The number of halogens is 1. The zero-order valence-electron chi connectivity index (χ0n) is 12.3. The van der Waals surface area contributed by atoms with Crippen molar-refractivity contribution in [3.63, 3.8) is 0 Å². The Bertz CT molecular complexity index is 581. The van der Waals surface area contributed by atoms with E-state index in [1.807, 2.05) is 26.0 Å². The Kier molecular flexibility index (Phi) is 5.17. The van der Waals surface area contributed by atoms with E-state index in [0.717, 1.165) is 16.8 Å². The van der Waals surface area contributed by atoms with Crippen LogP contribution in [0.2, 0.25) is 0 Å². The van der Waals surface area contributed by atoms with Gasteiger partial charge in [0.05, 0.1) is 0 Å². The zero-order chi connectivity index (χ0) is 15.2. The quantitative estimate of drug-likeness (QED) is 0.857. The minimum atomic E-state index is -0.717. The van der Waals surface area contributed by atoms with Gasteiger partial charge >= 0.3 is 0 Å². The topological polar surface area (TPSA) is 41.5 Å². The van der Waals surface area contributed by atoms with Gasteiger partial charge in [-0.25, -0.2) is 4.39 Å². The third kappa shape index (κ3) is 4.76. The molecular formula is C17H20FNO2. The molecule has 1 unspecified atom stereocenters. The van der Waals surface area contributed by atoms with Crippen LogP contribution < -0.4 is 10.1 Å². The second-order valence-electron chi connectivity index (χ2n) is 5.15. The number of rotatable bonds is 6. The van der Waals surface area contributed by atoms with Crippen molar-refractivity contribution in [2.75, 3.05) is 18.5 Å². The predicted molar refractivity (Wildman–Crippen MR) is 82.3 cm³/mol. The van der Waals surface area contributed by atoms with E-state index in [2.05, 4.69) is 11.4 Å². The summed E-state index contributed by atoms with van der Waals surface area (Å²) in [5.74, 6) is -0.269. The van der Waals surface area contributed by atoms with Crippen molar-refractivity contribution >= 4 is 5.69 Å². The van der Waals surface area contributed by atoms with Crippen LogP contribution >= 0.6 is 0 Å². The summed E-state index contributed by atoms with van der Waals surface area (Å²) in [6.07, 6.45) is -0.717. The molecule has 2 N–H and O–H groups in total. The van der Waals surface area contributed by atoms with E-state index in [9.17, 15) is 9.50 Å². The number of hydrogen-bond acceptors (Lipinski definition) is 3. The fraction of sp³-hybridized carbons (Fsp3) is 0.294. The van der Waals surface area contributed by atoms with Gasteiger partial charge in [-0.05, 0) is 49.2 Å². The molecule has 0 radical (unpaired) electrons. The Morgan fingerprint density at radius 1 is 1.14 bits per heavy atom. The average Bonchev–Trinajstić information content (AvgIpc) is 2.43. The highest BCUT2D eigenvalue weighted by Gasteiger charge is 2.08. The molecule has 21 heavy (non-hydrogen) atoms. The first-order valence-corrected chi connectivity index (χ1v) is 6.92. The van der Waals surface area contributed by atoms with Crippen LogP contribution in [0.4, 0.5) is 10.1 Å². The van der Waals surface area contributed by atoms with Gasteiger partial charge in [-0.2, -0.15) is 0 Å². The molecule has 2 aromatic carbocycles. The normalized spacial score (nSPS) is 12.0. The lowest BCUT2D eigenvalue weighted by molar-refractivity contribution is 0.115. The van der Waals surface area contributed by atoms with Crippen molar-refractivity contribution in [3.8, 4) is 5.75 Å². The summed E-state index contributed by atoms with van der Waals surface area (Å²) in [6, 6.07) is 12.3. The maximum absolute atomic E-state index is 13.4. The van der Waals surface area contributed by atoms with Gasteiger partial charge in [-0.3, -0.25) is 0 Å². The van der Waals surface area contributed by atoms with Crippen LogP contribution in [-0.2, 0) is 0 Å². The van der Waals surface area contributed by atoms with Crippen LogP contribution in [0.5, 0.6) is 5.75 Å². The van der Waals surface area contributed by atoms with E-state index in [4.69, 9.17) is 4.74 Å². The molecule has 1 atom stereocenters. The summed E-state index contributed by atoms with van der Waals surface area (Å²) in [5.41, 5.74) is 3.28. The molecule has 0 aliphatic carbocycles. The van der Waals surface area contributed by atoms with Crippen molar-refractivity contribution < 1.29 is 14.2 Å². The van der Waals surface area contributed by atoms with E-state index in [1.54, 1.807) is 18.2 Å². The number of ether oxygens (including phenoxy) is 1. The molecule has 0 bridgehead atoms. The number of benzene rings is 2. The van der Waals surface area contributed by atoms with E-state index < -0.39 is 11.9 Å². The Labute approximate surface area is 124 Å². The lowest BCUT2D eigenvalue weighted by Gasteiger charge is -2.15. The molecule has 0 heterocycles. The number of aliphatic hydroxyl groups excluding tert-OH is 1. The first-order valence-electron chi connectivity index (χ1n) is 6.92. The first-order chi connectivity index (χ1) is 10.0. The number of para-hydroxylation sites is 1. The molecule has 0 saturated carbocycles. The van der Waals surface area contributed by atoms with Crippen molar-refractivity contribution in [3.05, 3.63) is 59.4 Å². The molecule has 0 saturated heterocycles. The summed E-state index contributed by atoms with van der Waals surface area (Å²) in [5, 5.41) is 13.0. The smallest absolute Gasteiger partial charge is 0.165 e. The fourth-order valence-electron chi connectivity index (χ4n) is 2.12. The molecule has 0 aromatic heterocycles. The van der Waals surface area contributed by atoms with Gasteiger partial charge in [0, 0.05) is 12.2 Å². The minimum absolute atomic E-state index is 0.0404. The Hall–Kier alpha value is -2.07. The molecule has 0 aliphatic rings. The van der Waals surface area contributed by atoms with E-state index in [-0.39, 0.29) is 12.4 Å². The number of hydrogen-bond donors (Lipinski definition) is 2. The number of aryl methyl sites for hydroxylation is 2. The van der Waals surface area contributed by atoms with E-state index in [1.165, 1.54) is 6.07 Å². The second kappa shape index (κ2) is 7.09. The average molecular weight is 289 g/mol. The van der Waals surface area contributed by atoms with Crippen molar-refractivity contribution in [2.45, 2.75) is 20.0 Å². The molecule has 112 valence electrons. The van der Waals surface area contributed by atoms with Crippen molar-refractivity contribution in [1.82, 2.24) is 0 Å². The summed E-state index contributed by atoms with van der Waals surface area (Å²) >= 11 is 0. The number of aliphatic hydroxyl groups is 1. The summed E-state index contributed by atoms with van der Waals surface area (Å²) < 4.78 is 18.6. The summed E-state index contributed by atoms with van der Waals surface area (Å²) in [7, 11) is 0. The first kappa shape index (κ1) is 15.3. The fourth-order valence-corrected chi connectivity index (χ4v) is 2.12. The molecule has 0 fully saturated rings. The number of nitrogens with one attached hydrogen (secondary N) is 1. The van der Waals surface area contributed by atoms with Gasteiger partial charge < -0.3 is 15.2 Å². The maximum atomic E-state index is 13.4. The maximum Gasteiger partial charge on any atom is 0.165 e. The Morgan fingerprint density at radius 2 is 1.81 bits per heavy atom. The molecule has 2 rings (SSSR count). The van der Waals surface area contributed by atoms with Crippen molar-refractivity contribution in [2.24, 2.45) is 0 Å². The lowest BCUT2D eigenvalue weighted by atomic mass is 10.1. The highest BCUT2D eigenvalue weighted by Crippen LogP contribution is 2.16. The summed E-state index contributed by atoms with van der Waals surface area (Å²) in [6.45, 7) is 4.43. The van der Waals surface area contributed by atoms with E-state index in [0.29, 0.717) is 6.54 Å². The Balaban J connectivity index is 1.82. The standard InChI is InChI=1S/C17H20FNO2/c1-12-7-13(2)9-14(8-12)19-10-15(20)11-21-17-6-4-3-5-16(17)18/h3-9,15,19-20H,10-11H2,1-2H3. The summed E-state index contributed by atoms with van der Waals surface area (Å²) in [4.78, 5) is 0. The SMILES string of the molecule is Cc1cc(C)cc(NCC(O)COc2ccccc2F)c1. The molecular weight excluding hydrogens is 269 g/mol. The monoisotopic (exact) mass is 289 g/mol. The largest absolute Gasteiger partial charge is 0.488 e. The van der Waals surface area contributed by atoms with Crippen LogP contribution in [0.1, 0.15) is 11.1 Å². The third-order valence-electron chi connectivity index (χ3n) is 3.03. The predicted octanol–water partition coefficient (Wildman–Crippen LogP) is 3.29. The highest BCUT2D eigenvalue weighted by molar-refractivity contribution is 5.48. The molecule has 4 heteroatoms. The molecule has 2 aromatic rings. The van der Waals surface area contributed by atoms with Crippen LogP contribution in [0.15, 0.2) is 42.5 Å². The van der Waals surface area contributed by atoms with Gasteiger partial charge in [0.2, 0.25) is 0 Å². The van der Waals surface area contributed by atoms with Crippen LogP contribution in [0, 0.1) is 19.7 Å². The molecule has 0 amide bonds. The van der Waals surface area contributed by atoms with Gasteiger partial charge in [0.1, 0.15) is 12.7 Å². The van der Waals surface area contributed by atoms with Crippen LogP contribution in [0.3, 0.4) is 0 Å². The van der Waals surface area contributed by atoms with E-state index >= 15 is 0 Å². The van der Waals surface area contributed by atoms with Crippen LogP contribution in [0.25, 0.3) is 0 Å². The van der Waals surface area contributed by atoms with Crippen LogP contribution in [-0.4, -0.2) is 24.4 Å². The second-order valence-corrected chi connectivity index (χ2v) is 5.15. The number of anilines is 1. The van der Waals surface area contributed by atoms with Gasteiger partial charge in [-0.15, -0.1) is 0 Å². The zero-order valence-corrected chi connectivity index (χ0v) is 12.3. The molecule has 3 nitrogen and oxygen atoms in total. The minimum Gasteiger partial charge on any atom is -0.488 e. The molecule has 0 spiro atoms. The Morgan fingerprint density at radius 3 is 2.48 bits per heavy atom. The van der Waals surface area contributed by atoms with Gasteiger partial charge in [0.25, 0.3) is 0 Å². The van der Waals surface area contributed by atoms with Crippen molar-refractivity contribution in [1.29, 1.82) is 0 Å². The molecule has 0 aliphatic heterocycles. The highest BCUT2D eigenvalue weighted by atomic mass is 19.1. The van der Waals surface area contributed by atoms with Gasteiger partial charge in [0.15, 0.2) is 11.6 Å². The lowest BCUT2D eigenvalue weighted by Crippen LogP contribution is -2.26.